The van der Waals surface area contributed by atoms with Gasteiger partial charge in [0.15, 0.2) is 9.84 Å². The summed E-state index contributed by atoms with van der Waals surface area (Å²) in [5.41, 5.74) is 0. The molecule has 2 saturated heterocycles. The van der Waals surface area contributed by atoms with Crippen LogP contribution in [-0.2, 0) is 9.84 Å². The zero-order chi connectivity index (χ0) is 13.0. The van der Waals surface area contributed by atoms with Gasteiger partial charge in [-0.05, 0) is 32.2 Å². The number of rotatable bonds is 3. The van der Waals surface area contributed by atoms with Crippen molar-refractivity contribution in [1.82, 2.24) is 16.0 Å². The maximum Gasteiger partial charge on any atom is 0.315 e. The van der Waals surface area contributed by atoms with E-state index < -0.39 is 9.84 Å². The molecule has 2 heterocycles. The predicted octanol–water partition coefficient (Wildman–Crippen LogP) is -0.385. The molecule has 2 aliphatic heterocycles. The lowest BCUT2D eigenvalue weighted by Gasteiger charge is -2.23. The number of carbonyl (C=O) groups is 1. The highest BCUT2D eigenvalue weighted by molar-refractivity contribution is 7.91. The average molecular weight is 275 g/mol. The number of nitrogens with one attached hydrogen (secondary N) is 3. The second-order valence-electron chi connectivity index (χ2n) is 5.10. The van der Waals surface area contributed by atoms with Crippen LogP contribution < -0.4 is 16.0 Å². The molecular formula is C11H21N3O3S. The molecule has 3 N–H and O–H groups in total. The molecule has 0 aromatic carbocycles. The van der Waals surface area contributed by atoms with Gasteiger partial charge in [0.05, 0.1) is 11.5 Å². The van der Waals surface area contributed by atoms with Crippen LogP contribution in [0.1, 0.15) is 25.7 Å². The van der Waals surface area contributed by atoms with Crippen molar-refractivity contribution in [2.45, 2.75) is 37.8 Å². The van der Waals surface area contributed by atoms with E-state index in [1.54, 1.807) is 0 Å². The molecule has 0 radical (unpaired) electrons. The first-order valence-electron chi connectivity index (χ1n) is 6.53. The lowest BCUT2D eigenvalue weighted by Crippen LogP contribution is -2.49. The average Bonchev–Trinajstić information content (AvgIpc) is 2.77. The molecular weight excluding hydrogens is 254 g/mol. The number of hydrogen-bond acceptors (Lipinski definition) is 4. The normalized spacial score (nSPS) is 30.9. The van der Waals surface area contributed by atoms with Gasteiger partial charge in [-0.3, -0.25) is 0 Å². The van der Waals surface area contributed by atoms with Crippen molar-refractivity contribution in [3.8, 4) is 0 Å². The number of sulfone groups is 1. The Bertz CT molecular complexity index is 390. The summed E-state index contributed by atoms with van der Waals surface area (Å²) in [6.45, 7) is 1.61. The summed E-state index contributed by atoms with van der Waals surface area (Å²) in [6.07, 6.45) is 3.61. The van der Waals surface area contributed by atoms with Crippen molar-refractivity contribution < 1.29 is 13.2 Å². The van der Waals surface area contributed by atoms with Crippen LogP contribution in [-0.4, -0.2) is 51.1 Å². The molecule has 2 aliphatic rings. The molecule has 2 amide bonds. The maximum absolute atomic E-state index is 11.6. The highest BCUT2D eigenvalue weighted by atomic mass is 32.2. The maximum atomic E-state index is 11.6. The fraction of sp³-hybridized carbons (Fsp3) is 0.909. The summed E-state index contributed by atoms with van der Waals surface area (Å²) < 4.78 is 22.9. The van der Waals surface area contributed by atoms with Crippen molar-refractivity contribution in [3.05, 3.63) is 0 Å². The molecule has 2 unspecified atom stereocenters. The molecule has 18 heavy (non-hydrogen) atoms. The van der Waals surface area contributed by atoms with E-state index >= 15 is 0 Å². The molecule has 0 aromatic heterocycles. The molecule has 0 bridgehead atoms. The van der Waals surface area contributed by atoms with Gasteiger partial charge in [0.2, 0.25) is 0 Å². The fourth-order valence-corrected chi connectivity index (χ4v) is 4.16. The lowest BCUT2D eigenvalue weighted by atomic mass is 10.2. The van der Waals surface area contributed by atoms with Gasteiger partial charge in [-0.15, -0.1) is 0 Å². The first-order chi connectivity index (χ1) is 8.55. The Balaban J connectivity index is 1.70. The minimum atomic E-state index is -2.96. The Morgan fingerprint density at radius 3 is 2.78 bits per heavy atom. The van der Waals surface area contributed by atoms with Crippen molar-refractivity contribution >= 4 is 15.9 Å². The first-order valence-corrected chi connectivity index (χ1v) is 8.35. The minimum Gasteiger partial charge on any atom is -0.337 e. The summed E-state index contributed by atoms with van der Waals surface area (Å²) in [6, 6.07) is -0.142. The molecule has 7 heteroatoms. The van der Waals surface area contributed by atoms with E-state index in [0.717, 1.165) is 25.8 Å². The third kappa shape index (κ3) is 4.13. The van der Waals surface area contributed by atoms with E-state index in [-0.39, 0.29) is 23.6 Å². The van der Waals surface area contributed by atoms with Gasteiger partial charge in [0.25, 0.3) is 0 Å². The van der Waals surface area contributed by atoms with Crippen molar-refractivity contribution in [2.75, 3.05) is 24.6 Å². The molecule has 0 spiro atoms. The van der Waals surface area contributed by atoms with Crippen molar-refractivity contribution in [3.63, 3.8) is 0 Å². The van der Waals surface area contributed by atoms with Crippen LogP contribution in [0.5, 0.6) is 0 Å². The van der Waals surface area contributed by atoms with Crippen LogP contribution in [0, 0.1) is 0 Å². The molecule has 0 aromatic rings. The summed E-state index contributed by atoms with van der Waals surface area (Å²) >= 11 is 0. The van der Waals surface area contributed by atoms with E-state index in [4.69, 9.17) is 0 Å². The highest BCUT2D eigenvalue weighted by Gasteiger charge is 2.26. The Labute approximate surface area is 108 Å². The van der Waals surface area contributed by atoms with Gasteiger partial charge in [0, 0.05) is 18.6 Å². The monoisotopic (exact) mass is 275 g/mol. The molecule has 2 rings (SSSR count). The van der Waals surface area contributed by atoms with E-state index in [1.807, 2.05) is 0 Å². The predicted molar refractivity (Wildman–Crippen MR) is 69.2 cm³/mol. The molecule has 2 fully saturated rings. The number of hydrogen-bond donors (Lipinski definition) is 3. The van der Waals surface area contributed by atoms with E-state index in [2.05, 4.69) is 16.0 Å². The molecule has 6 nitrogen and oxygen atoms in total. The van der Waals surface area contributed by atoms with Gasteiger partial charge < -0.3 is 16.0 Å². The second kappa shape index (κ2) is 5.88. The Morgan fingerprint density at radius 2 is 2.11 bits per heavy atom. The molecule has 104 valence electrons. The van der Waals surface area contributed by atoms with Crippen LogP contribution in [0.3, 0.4) is 0 Å². The van der Waals surface area contributed by atoms with Crippen LogP contribution in [0.4, 0.5) is 4.79 Å². The third-order valence-electron chi connectivity index (χ3n) is 3.47. The van der Waals surface area contributed by atoms with E-state index in [0.29, 0.717) is 19.0 Å². The largest absolute Gasteiger partial charge is 0.337 e. The van der Waals surface area contributed by atoms with Crippen molar-refractivity contribution in [2.24, 2.45) is 0 Å². The van der Waals surface area contributed by atoms with Gasteiger partial charge in [-0.25, -0.2) is 13.2 Å². The third-order valence-corrected chi connectivity index (χ3v) is 5.29. The Kier molecular flexibility index (Phi) is 4.45. The minimum absolute atomic E-state index is 0.0715. The smallest absolute Gasteiger partial charge is 0.315 e. The molecule has 0 saturated carbocycles. The van der Waals surface area contributed by atoms with Crippen LogP contribution >= 0.6 is 0 Å². The summed E-state index contributed by atoms with van der Waals surface area (Å²) in [5, 5.41) is 8.82. The van der Waals surface area contributed by atoms with Crippen LogP contribution in [0.25, 0.3) is 0 Å². The Hall–Kier alpha value is -0.820. The van der Waals surface area contributed by atoms with Gasteiger partial charge >= 0.3 is 6.03 Å². The zero-order valence-electron chi connectivity index (χ0n) is 10.4. The number of urea groups is 1. The topological polar surface area (TPSA) is 87.3 Å². The Morgan fingerprint density at radius 1 is 1.28 bits per heavy atom. The first kappa shape index (κ1) is 13.6. The highest BCUT2D eigenvalue weighted by Crippen LogP contribution is 2.11. The summed E-state index contributed by atoms with van der Waals surface area (Å²) in [4.78, 5) is 11.6. The van der Waals surface area contributed by atoms with Crippen molar-refractivity contribution in [1.29, 1.82) is 0 Å². The molecule has 2 atom stereocenters. The molecule has 0 aliphatic carbocycles. The number of carbonyl (C=O) groups excluding carboxylic acids is 1. The SMILES string of the molecule is O=C(NCC1CCCN1)NC1CCCS(=O)(=O)C1. The standard InChI is InChI=1S/C11H21N3O3S/c15-11(13-7-9-3-1-5-12-9)14-10-4-2-6-18(16,17)8-10/h9-10,12H,1-8H2,(H2,13,14,15). The quantitative estimate of drug-likeness (QED) is 0.655. The zero-order valence-corrected chi connectivity index (χ0v) is 11.3. The van der Waals surface area contributed by atoms with Crippen LogP contribution in [0.2, 0.25) is 0 Å². The van der Waals surface area contributed by atoms with Gasteiger partial charge in [-0.2, -0.15) is 0 Å². The number of amides is 2. The summed E-state index contributed by atoms with van der Waals surface area (Å²) in [5.74, 6) is 0.320. The van der Waals surface area contributed by atoms with E-state index in [1.165, 1.54) is 0 Å². The van der Waals surface area contributed by atoms with Crippen LogP contribution in [0.15, 0.2) is 0 Å². The lowest BCUT2D eigenvalue weighted by molar-refractivity contribution is 0.236. The second-order valence-corrected chi connectivity index (χ2v) is 7.33. The van der Waals surface area contributed by atoms with Gasteiger partial charge in [0.1, 0.15) is 0 Å². The fourth-order valence-electron chi connectivity index (χ4n) is 2.52. The van der Waals surface area contributed by atoms with Gasteiger partial charge in [-0.1, -0.05) is 0 Å². The van der Waals surface area contributed by atoms with E-state index in [9.17, 15) is 13.2 Å². The summed E-state index contributed by atoms with van der Waals surface area (Å²) in [7, 11) is -2.96.